The van der Waals surface area contributed by atoms with Crippen LogP contribution >= 0.6 is 11.3 Å². The molecule has 4 heterocycles. The Morgan fingerprint density at radius 2 is 1.93 bits per heavy atom. The van der Waals surface area contributed by atoms with Crippen LogP contribution in [0.15, 0.2) is 42.6 Å². The van der Waals surface area contributed by atoms with E-state index in [0.29, 0.717) is 31.0 Å². The number of thiazole rings is 1. The maximum Gasteiger partial charge on any atom is 0.410 e. The second kappa shape index (κ2) is 10.5. The third-order valence-electron chi connectivity index (χ3n) is 7.49. The Kier molecular flexibility index (Phi) is 7.00. The van der Waals surface area contributed by atoms with Crippen LogP contribution in [0.2, 0.25) is 0 Å². The van der Waals surface area contributed by atoms with Gasteiger partial charge < -0.3 is 19.7 Å². The molecule has 210 valence electrons. The van der Waals surface area contributed by atoms with Crippen LogP contribution in [-0.4, -0.2) is 51.6 Å². The zero-order valence-corrected chi connectivity index (χ0v) is 23.7. The molecule has 0 saturated carbocycles. The first kappa shape index (κ1) is 26.7. The number of likely N-dealkylation sites (tertiary alicyclic amines) is 1. The number of rotatable bonds is 4. The number of hydrogen-bond acceptors (Lipinski definition) is 6. The highest BCUT2D eigenvalue weighted by Crippen LogP contribution is 2.36. The van der Waals surface area contributed by atoms with Crippen LogP contribution in [-0.2, 0) is 14.3 Å². The topological polar surface area (TPSA) is 85.2 Å². The lowest BCUT2D eigenvalue weighted by Gasteiger charge is -2.29. The number of imidazole rings is 1. The maximum absolute atomic E-state index is 15.4. The highest BCUT2D eigenvalue weighted by atomic mass is 32.1. The van der Waals surface area contributed by atoms with Crippen molar-refractivity contribution in [3.63, 3.8) is 0 Å². The van der Waals surface area contributed by atoms with E-state index in [2.05, 4.69) is 5.32 Å². The van der Waals surface area contributed by atoms with E-state index in [0.717, 1.165) is 52.1 Å². The van der Waals surface area contributed by atoms with E-state index in [1.54, 1.807) is 11.0 Å². The monoisotopic (exact) mass is 564 g/mol. The fraction of sp³-hybridized carbons (Fsp3) is 0.433. The summed E-state index contributed by atoms with van der Waals surface area (Å²) < 4.78 is 29.3. The minimum absolute atomic E-state index is 0.0250. The van der Waals surface area contributed by atoms with E-state index in [9.17, 15) is 9.59 Å². The summed E-state index contributed by atoms with van der Waals surface area (Å²) in [7, 11) is 0. The highest BCUT2D eigenvalue weighted by Gasteiger charge is 2.33. The second-order valence-corrected chi connectivity index (χ2v) is 12.5. The predicted octanol–water partition coefficient (Wildman–Crippen LogP) is 6.79. The standard InChI is InChI=1S/C30H33FN4O4S/c1-30(2,3)39-29(37)34-12-4-5-24(34)19-6-8-21(22(31)15-19)23-17-35-25-9-7-20(16-26(25)40-28(35)33-23)32-27(36)18-10-13-38-14-11-18/h6-9,15-18,24H,4-5,10-14H2,1-3H3,(H,32,36). The molecule has 2 saturated heterocycles. The van der Waals surface area contributed by atoms with Crippen molar-refractivity contribution in [2.45, 2.75) is 58.1 Å². The van der Waals surface area contributed by atoms with Gasteiger partial charge in [0, 0.05) is 43.1 Å². The Morgan fingerprint density at radius 3 is 2.67 bits per heavy atom. The zero-order valence-electron chi connectivity index (χ0n) is 22.9. The molecule has 40 heavy (non-hydrogen) atoms. The SMILES string of the molecule is CC(C)(C)OC(=O)N1CCCC1c1ccc(-c2cn3c(n2)sc2cc(NC(=O)C4CCOCC4)ccc23)c(F)c1. The summed E-state index contributed by atoms with van der Waals surface area (Å²) in [6.45, 7) is 7.36. The van der Waals surface area contributed by atoms with E-state index in [-0.39, 0.29) is 29.8 Å². The summed E-state index contributed by atoms with van der Waals surface area (Å²) in [5.41, 5.74) is 2.82. The Morgan fingerprint density at radius 1 is 1.12 bits per heavy atom. The van der Waals surface area contributed by atoms with Gasteiger partial charge in [-0.1, -0.05) is 17.4 Å². The normalized spacial score (nSPS) is 18.5. The van der Waals surface area contributed by atoms with Crippen LogP contribution < -0.4 is 5.32 Å². The fourth-order valence-corrected chi connectivity index (χ4v) is 6.56. The number of anilines is 1. The largest absolute Gasteiger partial charge is 0.444 e. The van der Waals surface area contributed by atoms with Gasteiger partial charge in [0.15, 0.2) is 4.96 Å². The molecule has 2 aromatic carbocycles. The lowest BCUT2D eigenvalue weighted by atomic mass is 9.99. The number of fused-ring (bicyclic) bond motifs is 3. The third kappa shape index (κ3) is 5.30. The molecule has 2 aliphatic rings. The van der Waals surface area contributed by atoms with Gasteiger partial charge in [-0.25, -0.2) is 14.2 Å². The number of carbonyl (C=O) groups is 2. The molecule has 8 nitrogen and oxygen atoms in total. The average Bonchev–Trinajstić information content (AvgIpc) is 3.63. The van der Waals surface area contributed by atoms with E-state index >= 15 is 4.39 Å². The molecule has 2 fully saturated rings. The minimum atomic E-state index is -0.586. The van der Waals surface area contributed by atoms with Crippen molar-refractivity contribution in [3.05, 3.63) is 54.0 Å². The first-order valence-corrected chi connectivity index (χ1v) is 14.6. The fourth-order valence-electron chi connectivity index (χ4n) is 5.51. The number of nitrogens with zero attached hydrogens (tertiary/aromatic N) is 3. The Labute approximate surface area is 236 Å². The van der Waals surface area contributed by atoms with Gasteiger partial charge in [0.2, 0.25) is 5.91 Å². The summed E-state index contributed by atoms with van der Waals surface area (Å²) >= 11 is 1.49. The predicted molar refractivity (Wildman–Crippen MR) is 153 cm³/mol. The first-order chi connectivity index (χ1) is 19.2. The minimum Gasteiger partial charge on any atom is -0.444 e. The van der Waals surface area contributed by atoms with E-state index in [4.69, 9.17) is 14.5 Å². The Hall–Kier alpha value is -3.50. The van der Waals surface area contributed by atoms with Crippen molar-refractivity contribution in [2.75, 3.05) is 25.1 Å². The van der Waals surface area contributed by atoms with Gasteiger partial charge in [-0.3, -0.25) is 9.20 Å². The summed E-state index contributed by atoms with van der Waals surface area (Å²) in [6, 6.07) is 10.7. The number of nitrogens with one attached hydrogen (secondary N) is 1. The van der Waals surface area contributed by atoms with Crippen molar-refractivity contribution < 1.29 is 23.5 Å². The number of aromatic nitrogens is 2. The number of carbonyl (C=O) groups excluding carboxylic acids is 2. The molecular weight excluding hydrogens is 531 g/mol. The number of ether oxygens (including phenoxy) is 2. The van der Waals surface area contributed by atoms with Gasteiger partial charge in [0.1, 0.15) is 11.4 Å². The number of benzene rings is 2. The second-order valence-electron chi connectivity index (χ2n) is 11.5. The zero-order chi connectivity index (χ0) is 28.0. The van der Waals surface area contributed by atoms with Crippen LogP contribution in [0.25, 0.3) is 26.4 Å². The summed E-state index contributed by atoms with van der Waals surface area (Å²) in [4.78, 5) is 32.5. The van der Waals surface area contributed by atoms with Crippen LogP contribution in [0, 0.1) is 11.7 Å². The molecule has 0 aliphatic carbocycles. The summed E-state index contributed by atoms with van der Waals surface area (Å²) in [6.07, 6.45) is 4.57. The highest BCUT2D eigenvalue weighted by molar-refractivity contribution is 7.23. The molecule has 2 aliphatic heterocycles. The molecule has 10 heteroatoms. The summed E-state index contributed by atoms with van der Waals surface area (Å²) in [5.74, 6) is -0.373. The summed E-state index contributed by atoms with van der Waals surface area (Å²) in [5, 5.41) is 3.03. The number of halogens is 1. The molecule has 2 aromatic heterocycles. The smallest absolute Gasteiger partial charge is 0.410 e. The molecule has 0 spiro atoms. The molecular formula is C30H33FN4O4S. The molecule has 0 bridgehead atoms. The first-order valence-electron chi connectivity index (χ1n) is 13.8. The number of amides is 2. The molecule has 6 rings (SSSR count). The van der Waals surface area contributed by atoms with Gasteiger partial charge >= 0.3 is 6.09 Å². The van der Waals surface area contributed by atoms with Crippen LogP contribution in [0.1, 0.15) is 58.1 Å². The van der Waals surface area contributed by atoms with Crippen molar-refractivity contribution in [2.24, 2.45) is 5.92 Å². The van der Waals surface area contributed by atoms with E-state index in [1.165, 1.54) is 17.4 Å². The molecule has 4 aromatic rings. The van der Waals surface area contributed by atoms with Gasteiger partial charge in [-0.15, -0.1) is 0 Å². The van der Waals surface area contributed by atoms with Crippen LogP contribution in [0.3, 0.4) is 0 Å². The lowest BCUT2D eigenvalue weighted by Crippen LogP contribution is -2.36. The van der Waals surface area contributed by atoms with Gasteiger partial charge in [0.05, 0.1) is 22.0 Å². The lowest BCUT2D eigenvalue weighted by molar-refractivity contribution is -0.122. The van der Waals surface area contributed by atoms with Crippen molar-refractivity contribution in [3.8, 4) is 11.3 Å². The quantitative estimate of drug-likeness (QED) is 0.295. The maximum atomic E-state index is 15.4. The molecule has 1 N–H and O–H groups in total. The molecule has 0 radical (unpaired) electrons. The number of hydrogen-bond donors (Lipinski definition) is 1. The molecule has 2 amide bonds. The van der Waals surface area contributed by atoms with Crippen LogP contribution in [0.4, 0.5) is 14.9 Å². The molecule has 1 atom stereocenters. The van der Waals surface area contributed by atoms with E-state index in [1.807, 2.05) is 55.6 Å². The Bertz CT molecular complexity index is 1580. The van der Waals surface area contributed by atoms with Gasteiger partial charge in [0.25, 0.3) is 0 Å². The van der Waals surface area contributed by atoms with E-state index < -0.39 is 5.60 Å². The van der Waals surface area contributed by atoms with Crippen molar-refractivity contribution >= 4 is 44.2 Å². The van der Waals surface area contributed by atoms with Crippen molar-refractivity contribution in [1.82, 2.24) is 14.3 Å². The van der Waals surface area contributed by atoms with Crippen molar-refractivity contribution in [1.29, 1.82) is 0 Å². The average molecular weight is 565 g/mol. The van der Waals surface area contributed by atoms with Gasteiger partial charge in [-0.05, 0) is 82.3 Å². The Balaban J connectivity index is 1.21. The van der Waals surface area contributed by atoms with Gasteiger partial charge in [-0.2, -0.15) is 0 Å². The third-order valence-corrected chi connectivity index (χ3v) is 8.51. The van der Waals surface area contributed by atoms with Crippen LogP contribution in [0.5, 0.6) is 0 Å². The molecule has 1 unspecified atom stereocenters.